The van der Waals surface area contributed by atoms with Crippen LogP contribution in [0.1, 0.15) is 22.1 Å². The summed E-state index contributed by atoms with van der Waals surface area (Å²) in [6.07, 6.45) is -0.639. The van der Waals surface area contributed by atoms with Gasteiger partial charge in [-0.1, -0.05) is 0 Å². The molecule has 0 saturated heterocycles. The van der Waals surface area contributed by atoms with Gasteiger partial charge in [0.15, 0.2) is 23.0 Å². The summed E-state index contributed by atoms with van der Waals surface area (Å²) in [6.45, 7) is 0. The molecule has 0 radical (unpaired) electrons. The first-order valence-corrected chi connectivity index (χ1v) is 7.57. The van der Waals surface area contributed by atoms with Crippen molar-refractivity contribution >= 4 is 11.7 Å². The maximum atomic E-state index is 12.3. The summed E-state index contributed by atoms with van der Waals surface area (Å²) in [7, 11) is 6.13. The molecule has 0 aromatic heterocycles. The Morgan fingerprint density at radius 1 is 0.880 bits per heavy atom. The zero-order chi connectivity index (χ0) is 18.0. The quantitative estimate of drug-likeness (QED) is 0.807. The fourth-order valence-electron chi connectivity index (χ4n) is 2.79. The molecule has 0 fully saturated rings. The average Bonchev–Trinajstić information content (AvgIpc) is 2.96. The van der Waals surface area contributed by atoms with E-state index in [-0.39, 0.29) is 0 Å². The monoisotopic (exact) mass is 345 g/mol. The molecule has 1 aliphatic heterocycles. The molecule has 0 aliphatic carbocycles. The van der Waals surface area contributed by atoms with Gasteiger partial charge in [0.25, 0.3) is 0 Å². The second-order valence-corrected chi connectivity index (χ2v) is 5.26. The van der Waals surface area contributed by atoms with E-state index in [1.807, 2.05) is 6.07 Å². The number of carbonyl (C=O) groups excluding carboxylic acids is 1. The van der Waals surface area contributed by atoms with Crippen molar-refractivity contribution in [2.75, 3.05) is 33.8 Å². The molecule has 1 N–H and O–H groups in total. The predicted molar refractivity (Wildman–Crippen MR) is 90.9 cm³/mol. The summed E-state index contributed by atoms with van der Waals surface area (Å²) in [6, 6.07) is 8.87. The van der Waals surface area contributed by atoms with Crippen molar-refractivity contribution in [3.63, 3.8) is 0 Å². The van der Waals surface area contributed by atoms with Crippen LogP contribution in [-0.2, 0) is 4.74 Å². The average molecular weight is 345 g/mol. The van der Waals surface area contributed by atoms with Crippen molar-refractivity contribution < 1.29 is 28.5 Å². The highest BCUT2D eigenvalue weighted by Crippen LogP contribution is 2.42. The number of carbonyl (C=O) groups is 1. The lowest BCUT2D eigenvalue weighted by Gasteiger charge is -2.16. The summed E-state index contributed by atoms with van der Waals surface area (Å²) >= 11 is 0. The molecule has 1 aliphatic rings. The maximum Gasteiger partial charge on any atom is 0.344 e. The van der Waals surface area contributed by atoms with Crippen LogP contribution in [0.2, 0.25) is 0 Å². The number of rotatable bonds is 6. The van der Waals surface area contributed by atoms with Crippen molar-refractivity contribution in [1.29, 1.82) is 0 Å². The lowest BCUT2D eigenvalue weighted by molar-refractivity contribution is 0.0435. The Kier molecular flexibility index (Phi) is 4.56. The van der Waals surface area contributed by atoms with E-state index in [1.165, 1.54) is 14.2 Å². The normalized spacial score (nSPS) is 15.2. The van der Waals surface area contributed by atoms with E-state index in [2.05, 4.69) is 5.32 Å². The highest BCUT2D eigenvalue weighted by molar-refractivity contribution is 5.98. The van der Waals surface area contributed by atoms with Crippen molar-refractivity contribution in [2.24, 2.45) is 0 Å². The van der Waals surface area contributed by atoms with Gasteiger partial charge in [0.1, 0.15) is 5.56 Å². The third-order valence-corrected chi connectivity index (χ3v) is 3.97. The van der Waals surface area contributed by atoms with E-state index in [9.17, 15) is 4.79 Å². The number of nitrogens with one attached hydrogen (secondary N) is 1. The van der Waals surface area contributed by atoms with Gasteiger partial charge in [0.2, 0.25) is 6.23 Å². The number of ether oxygens (including phenoxy) is 5. The molecular weight excluding hydrogens is 326 g/mol. The topological polar surface area (TPSA) is 75.3 Å². The molecule has 3 rings (SSSR count). The van der Waals surface area contributed by atoms with Crippen molar-refractivity contribution in [2.45, 2.75) is 6.23 Å². The van der Waals surface area contributed by atoms with Crippen LogP contribution in [0.3, 0.4) is 0 Å². The minimum absolute atomic E-state index is 0.361. The molecule has 0 spiro atoms. The Bertz CT molecular complexity index is 804. The molecular formula is C18H19NO6. The van der Waals surface area contributed by atoms with Gasteiger partial charge in [-0.15, -0.1) is 0 Å². The van der Waals surface area contributed by atoms with Gasteiger partial charge < -0.3 is 29.0 Å². The molecule has 0 amide bonds. The molecule has 1 unspecified atom stereocenters. The molecule has 1 atom stereocenters. The number of cyclic esters (lactones) is 1. The fraction of sp³-hybridized carbons (Fsp3) is 0.278. The number of esters is 1. The Hall–Kier alpha value is -3.09. The van der Waals surface area contributed by atoms with Gasteiger partial charge >= 0.3 is 5.97 Å². The Balaban J connectivity index is 1.94. The van der Waals surface area contributed by atoms with Gasteiger partial charge in [0.05, 0.1) is 28.4 Å². The summed E-state index contributed by atoms with van der Waals surface area (Å²) in [4.78, 5) is 12.3. The number of fused-ring (bicyclic) bond motifs is 1. The highest BCUT2D eigenvalue weighted by atomic mass is 16.6. The van der Waals surface area contributed by atoms with Crippen LogP contribution < -0.4 is 24.3 Å². The number of benzene rings is 2. The molecule has 2 aromatic carbocycles. The van der Waals surface area contributed by atoms with Crippen LogP contribution in [0.15, 0.2) is 30.3 Å². The first-order valence-electron chi connectivity index (χ1n) is 7.57. The molecule has 0 saturated carbocycles. The van der Waals surface area contributed by atoms with E-state index >= 15 is 0 Å². The van der Waals surface area contributed by atoms with Crippen LogP contribution in [0, 0.1) is 0 Å². The highest BCUT2D eigenvalue weighted by Gasteiger charge is 2.36. The third-order valence-electron chi connectivity index (χ3n) is 3.97. The Labute approximate surface area is 145 Å². The van der Waals surface area contributed by atoms with Gasteiger partial charge in [0, 0.05) is 17.3 Å². The van der Waals surface area contributed by atoms with Crippen molar-refractivity contribution in [3.8, 4) is 23.0 Å². The van der Waals surface area contributed by atoms with Crippen molar-refractivity contribution in [1.82, 2.24) is 0 Å². The molecule has 7 heteroatoms. The molecule has 1 heterocycles. The second-order valence-electron chi connectivity index (χ2n) is 5.26. The number of methoxy groups -OCH3 is 4. The SMILES string of the molecule is COc1ccc(NC2OC(=O)c3c2ccc(OC)c3OC)cc1OC. The Morgan fingerprint density at radius 3 is 2.20 bits per heavy atom. The molecule has 0 bridgehead atoms. The van der Waals surface area contributed by atoms with E-state index in [1.54, 1.807) is 38.5 Å². The Morgan fingerprint density at radius 2 is 1.56 bits per heavy atom. The first-order chi connectivity index (χ1) is 12.1. The van der Waals surface area contributed by atoms with E-state index < -0.39 is 12.2 Å². The summed E-state index contributed by atoms with van der Waals surface area (Å²) < 4.78 is 26.5. The lowest BCUT2D eigenvalue weighted by atomic mass is 10.1. The van der Waals surface area contributed by atoms with E-state index in [0.717, 1.165) is 5.69 Å². The first kappa shape index (κ1) is 16.8. The van der Waals surface area contributed by atoms with Crippen LogP contribution in [0.4, 0.5) is 5.69 Å². The predicted octanol–water partition coefficient (Wildman–Crippen LogP) is 3.00. The van der Waals surface area contributed by atoms with Crippen LogP contribution in [0.5, 0.6) is 23.0 Å². The van der Waals surface area contributed by atoms with Crippen LogP contribution in [-0.4, -0.2) is 34.4 Å². The fourth-order valence-corrected chi connectivity index (χ4v) is 2.79. The van der Waals surface area contributed by atoms with Gasteiger partial charge in [-0.3, -0.25) is 0 Å². The summed E-state index contributed by atoms with van der Waals surface area (Å²) in [5.74, 6) is 1.56. The zero-order valence-electron chi connectivity index (χ0n) is 14.4. The number of anilines is 1. The van der Waals surface area contributed by atoms with E-state index in [0.29, 0.717) is 34.1 Å². The second kappa shape index (κ2) is 6.80. The largest absolute Gasteiger partial charge is 0.493 e. The summed E-state index contributed by atoms with van der Waals surface area (Å²) in [5.41, 5.74) is 1.76. The number of hydrogen-bond donors (Lipinski definition) is 1. The standard InChI is InChI=1S/C18H19NO6/c1-21-12-7-5-10(9-14(12)23-3)19-17-11-6-8-13(22-2)16(24-4)15(11)18(20)25-17/h5-9,17,19H,1-4H3. The molecule has 7 nitrogen and oxygen atoms in total. The maximum absolute atomic E-state index is 12.3. The summed E-state index contributed by atoms with van der Waals surface area (Å²) in [5, 5.41) is 3.17. The molecule has 25 heavy (non-hydrogen) atoms. The third kappa shape index (κ3) is 2.88. The minimum Gasteiger partial charge on any atom is -0.493 e. The molecule has 2 aromatic rings. The van der Waals surface area contributed by atoms with Gasteiger partial charge in [-0.2, -0.15) is 0 Å². The van der Waals surface area contributed by atoms with Gasteiger partial charge in [-0.05, 0) is 24.3 Å². The van der Waals surface area contributed by atoms with Crippen LogP contribution in [0.25, 0.3) is 0 Å². The minimum atomic E-state index is -0.639. The van der Waals surface area contributed by atoms with Crippen LogP contribution >= 0.6 is 0 Å². The number of hydrogen-bond acceptors (Lipinski definition) is 7. The van der Waals surface area contributed by atoms with Crippen molar-refractivity contribution in [3.05, 3.63) is 41.5 Å². The lowest BCUT2D eigenvalue weighted by Crippen LogP contribution is -2.10. The van der Waals surface area contributed by atoms with E-state index in [4.69, 9.17) is 23.7 Å². The molecule has 132 valence electrons. The zero-order valence-corrected chi connectivity index (χ0v) is 14.4. The smallest absolute Gasteiger partial charge is 0.344 e. The van der Waals surface area contributed by atoms with Gasteiger partial charge in [-0.25, -0.2) is 4.79 Å².